The Bertz CT molecular complexity index is 661. The highest BCUT2D eigenvalue weighted by Crippen LogP contribution is 2.19. The van der Waals surface area contributed by atoms with Crippen LogP contribution in [0.5, 0.6) is 0 Å². The third-order valence-corrected chi connectivity index (χ3v) is 5.54. The van der Waals surface area contributed by atoms with Crippen LogP contribution in [0, 0.1) is 5.92 Å². The SMILES string of the molecule is CCC(NC(=O)O)C(O)CN(CC(C)C)S(=O)(=O)c1ccc(N)cc1. The Hall–Kier alpha value is -1.84. The van der Waals surface area contributed by atoms with E-state index in [1.54, 1.807) is 6.92 Å². The zero-order valence-electron chi connectivity index (χ0n) is 14.7. The molecule has 0 aromatic heterocycles. The molecule has 0 fully saturated rings. The van der Waals surface area contributed by atoms with E-state index in [2.05, 4.69) is 5.32 Å². The van der Waals surface area contributed by atoms with Crippen LogP contribution in [0.3, 0.4) is 0 Å². The van der Waals surface area contributed by atoms with E-state index in [1.807, 2.05) is 13.8 Å². The molecule has 0 saturated carbocycles. The number of rotatable bonds is 9. The molecular formula is C16H27N3O5S. The number of hydrogen-bond donors (Lipinski definition) is 4. The minimum Gasteiger partial charge on any atom is -0.465 e. The van der Waals surface area contributed by atoms with Crippen molar-refractivity contribution in [3.8, 4) is 0 Å². The molecule has 2 unspecified atom stereocenters. The number of nitrogens with two attached hydrogens (primary N) is 1. The number of hydrogen-bond acceptors (Lipinski definition) is 5. The molecule has 25 heavy (non-hydrogen) atoms. The fourth-order valence-corrected chi connectivity index (χ4v) is 4.05. The van der Waals surface area contributed by atoms with Gasteiger partial charge >= 0.3 is 6.09 Å². The second-order valence-electron chi connectivity index (χ2n) is 6.32. The van der Waals surface area contributed by atoms with E-state index in [4.69, 9.17) is 10.8 Å². The average Bonchev–Trinajstić information content (AvgIpc) is 2.51. The summed E-state index contributed by atoms with van der Waals surface area (Å²) in [4.78, 5) is 10.9. The monoisotopic (exact) mass is 373 g/mol. The predicted octanol–water partition coefficient (Wildman–Crippen LogP) is 1.32. The molecule has 0 aliphatic carbocycles. The largest absolute Gasteiger partial charge is 0.465 e. The molecule has 0 saturated heterocycles. The molecule has 0 aliphatic rings. The molecule has 0 aliphatic heterocycles. The number of benzene rings is 1. The molecule has 1 aromatic carbocycles. The number of amides is 1. The Morgan fingerprint density at radius 1 is 1.24 bits per heavy atom. The molecular weight excluding hydrogens is 346 g/mol. The lowest BCUT2D eigenvalue weighted by molar-refractivity contribution is 0.0966. The van der Waals surface area contributed by atoms with Gasteiger partial charge in [0.1, 0.15) is 0 Å². The summed E-state index contributed by atoms with van der Waals surface area (Å²) in [6.45, 7) is 5.44. The standard InChI is InChI=1S/C16H27N3O5S/c1-4-14(18-16(21)22)15(20)10-19(9-11(2)3)25(23,24)13-7-5-12(17)6-8-13/h5-8,11,14-15,18,20H,4,9-10,17H2,1-3H3,(H,21,22). The number of carbonyl (C=O) groups is 1. The minimum absolute atomic E-state index is 0.0308. The molecule has 2 atom stereocenters. The number of sulfonamides is 1. The summed E-state index contributed by atoms with van der Waals surface area (Å²) in [7, 11) is -3.84. The number of nitrogen functional groups attached to an aromatic ring is 1. The van der Waals surface area contributed by atoms with Crippen molar-refractivity contribution >= 4 is 21.8 Å². The van der Waals surface area contributed by atoms with Crippen molar-refractivity contribution in [1.29, 1.82) is 0 Å². The van der Waals surface area contributed by atoms with Crippen LogP contribution in [0.1, 0.15) is 27.2 Å². The van der Waals surface area contributed by atoms with E-state index in [0.717, 1.165) is 0 Å². The predicted molar refractivity (Wildman–Crippen MR) is 95.7 cm³/mol. The van der Waals surface area contributed by atoms with Crippen molar-refractivity contribution in [2.75, 3.05) is 18.8 Å². The molecule has 9 heteroatoms. The van der Waals surface area contributed by atoms with Gasteiger partial charge in [-0.15, -0.1) is 0 Å². The highest BCUT2D eigenvalue weighted by atomic mass is 32.2. The second-order valence-corrected chi connectivity index (χ2v) is 8.25. The first-order chi connectivity index (χ1) is 11.6. The Labute approximate surface area is 148 Å². The number of nitrogens with one attached hydrogen (secondary N) is 1. The van der Waals surface area contributed by atoms with Gasteiger partial charge in [-0.2, -0.15) is 4.31 Å². The Kier molecular flexibility index (Phi) is 7.65. The average molecular weight is 373 g/mol. The fourth-order valence-electron chi connectivity index (χ4n) is 2.43. The van der Waals surface area contributed by atoms with Crippen LogP contribution in [0.4, 0.5) is 10.5 Å². The summed E-state index contributed by atoms with van der Waals surface area (Å²) >= 11 is 0. The van der Waals surface area contributed by atoms with Gasteiger partial charge in [0, 0.05) is 18.8 Å². The molecule has 0 spiro atoms. The van der Waals surface area contributed by atoms with Crippen LogP contribution in [0.2, 0.25) is 0 Å². The Morgan fingerprint density at radius 3 is 2.24 bits per heavy atom. The zero-order chi connectivity index (χ0) is 19.2. The van der Waals surface area contributed by atoms with Crippen LogP contribution in [-0.2, 0) is 10.0 Å². The normalized spacial score (nSPS) is 14.5. The molecule has 5 N–H and O–H groups in total. The maximum absolute atomic E-state index is 12.9. The minimum atomic E-state index is -3.84. The fraction of sp³-hybridized carbons (Fsp3) is 0.562. The maximum Gasteiger partial charge on any atom is 0.404 e. The highest BCUT2D eigenvalue weighted by molar-refractivity contribution is 7.89. The first-order valence-electron chi connectivity index (χ1n) is 8.11. The quantitative estimate of drug-likeness (QED) is 0.483. The van der Waals surface area contributed by atoms with E-state index < -0.39 is 28.3 Å². The number of aliphatic hydroxyl groups is 1. The lowest BCUT2D eigenvalue weighted by atomic mass is 10.1. The summed E-state index contributed by atoms with van der Waals surface area (Å²) in [5, 5.41) is 21.4. The maximum atomic E-state index is 12.9. The Balaban J connectivity index is 3.07. The summed E-state index contributed by atoms with van der Waals surface area (Å²) < 4.78 is 27.0. The van der Waals surface area contributed by atoms with Crippen molar-refractivity contribution in [2.45, 2.75) is 44.2 Å². The first-order valence-corrected chi connectivity index (χ1v) is 9.55. The van der Waals surface area contributed by atoms with E-state index >= 15 is 0 Å². The molecule has 8 nitrogen and oxygen atoms in total. The molecule has 0 bridgehead atoms. The van der Waals surface area contributed by atoms with Gasteiger partial charge in [0.05, 0.1) is 17.0 Å². The van der Waals surface area contributed by atoms with E-state index in [9.17, 15) is 18.3 Å². The van der Waals surface area contributed by atoms with Gasteiger partial charge in [-0.05, 0) is 36.6 Å². The Morgan fingerprint density at radius 2 is 1.80 bits per heavy atom. The summed E-state index contributed by atoms with van der Waals surface area (Å²) in [6.07, 6.45) is -2.09. The zero-order valence-corrected chi connectivity index (χ0v) is 15.5. The number of nitrogens with zero attached hydrogens (tertiary/aromatic N) is 1. The van der Waals surface area contributed by atoms with Gasteiger partial charge in [-0.3, -0.25) is 0 Å². The van der Waals surface area contributed by atoms with Crippen LogP contribution in [0.15, 0.2) is 29.2 Å². The van der Waals surface area contributed by atoms with Crippen molar-refractivity contribution in [3.05, 3.63) is 24.3 Å². The molecule has 1 amide bonds. The molecule has 0 heterocycles. The van der Waals surface area contributed by atoms with Gasteiger partial charge in [0.2, 0.25) is 10.0 Å². The van der Waals surface area contributed by atoms with E-state index in [0.29, 0.717) is 12.1 Å². The van der Waals surface area contributed by atoms with Crippen molar-refractivity contribution in [3.63, 3.8) is 0 Å². The van der Waals surface area contributed by atoms with Crippen molar-refractivity contribution < 1.29 is 23.4 Å². The summed E-state index contributed by atoms with van der Waals surface area (Å²) in [5.41, 5.74) is 6.05. The van der Waals surface area contributed by atoms with Crippen LogP contribution >= 0.6 is 0 Å². The summed E-state index contributed by atoms with van der Waals surface area (Å²) in [5.74, 6) is 0.0308. The smallest absolute Gasteiger partial charge is 0.404 e. The lowest BCUT2D eigenvalue weighted by Crippen LogP contribution is -2.49. The van der Waals surface area contributed by atoms with Gasteiger partial charge in [-0.1, -0.05) is 20.8 Å². The molecule has 142 valence electrons. The molecule has 1 rings (SSSR count). The van der Waals surface area contributed by atoms with E-state index in [-0.39, 0.29) is 23.9 Å². The third-order valence-electron chi connectivity index (χ3n) is 3.69. The first kappa shape index (κ1) is 21.2. The highest BCUT2D eigenvalue weighted by Gasteiger charge is 2.30. The van der Waals surface area contributed by atoms with Gasteiger partial charge in [-0.25, -0.2) is 13.2 Å². The van der Waals surface area contributed by atoms with Gasteiger partial charge in [0.25, 0.3) is 0 Å². The van der Waals surface area contributed by atoms with Crippen molar-refractivity contribution in [1.82, 2.24) is 9.62 Å². The second kappa shape index (κ2) is 9.02. The molecule has 0 radical (unpaired) electrons. The number of carboxylic acid groups (broad SMARTS) is 1. The number of anilines is 1. The van der Waals surface area contributed by atoms with Gasteiger partial charge in [0.15, 0.2) is 0 Å². The van der Waals surface area contributed by atoms with Gasteiger partial charge < -0.3 is 21.3 Å². The van der Waals surface area contributed by atoms with E-state index in [1.165, 1.54) is 28.6 Å². The van der Waals surface area contributed by atoms with Crippen LogP contribution < -0.4 is 11.1 Å². The lowest BCUT2D eigenvalue weighted by Gasteiger charge is -2.29. The molecule has 1 aromatic rings. The van der Waals surface area contributed by atoms with Crippen LogP contribution in [0.25, 0.3) is 0 Å². The van der Waals surface area contributed by atoms with Crippen LogP contribution in [-0.4, -0.2) is 54.3 Å². The number of aliphatic hydroxyl groups excluding tert-OH is 1. The van der Waals surface area contributed by atoms with Crippen molar-refractivity contribution in [2.24, 2.45) is 5.92 Å². The third kappa shape index (κ3) is 6.18. The summed E-state index contributed by atoms with van der Waals surface area (Å²) in [6, 6.07) is 5.07. The topological polar surface area (TPSA) is 133 Å².